The molecule has 2 heterocycles. The summed E-state index contributed by atoms with van der Waals surface area (Å²) in [6.45, 7) is 3.33. The largest absolute Gasteiger partial charge is 0.493 e. The first-order valence-electron chi connectivity index (χ1n) is 6.30. The van der Waals surface area contributed by atoms with Gasteiger partial charge in [-0.3, -0.25) is 0 Å². The Kier molecular flexibility index (Phi) is 3.81. The van der Waals surface area contributed by atoms with Crippen molar-refractivity contribution in [1.29, 1.82) is 0 Å². The third-order valence-corrected chi connectivity index (χ3v) is 3.85. The fourth-order valence-electron chi connectivity index (χ4n) is 2.26. The van der Waals surface area contributed by atoms with E-state index < -0.39 is 0 Å². The zero-order valence-electron chi connectivity index (χ0n) is 10.9. The van der Waals surface area contributed by atoms with Gasteiger partial charge < -0.3 is 10.1 Å². The number of nitrogens with zero attached hydrogens (tertiary/aromatic N) is 2. The Labute approximate surface area is 130 Å². The van der Waals surface area contributed by atoms with Crippen LogP contribution < -0.4 is 10.1 Å². The predicted octanol–water partition coefficient (Wildman–Crippen LogP) is 3.75. The maximum absolute atomic E-state index is 5.82. The van der Waals surface area contributed by atoms with Gasteiger partial charge in [-0.1, -0.05) is 15.9 Å². The van der Waals surface area contributed by atoms with E-state index in [-0.39, 0.29) is 5.28 Å². The number of anilines is 1. The molecule has 20 heavy (non-hydrogen) atoms. The summed E-state index contributed by atoms with van der Waals surface area (Å²) in [5.74, 6) is 1.73. The van der Waals surface area contributed by atoms with Crippen LogP contribution in [0.4, 0.5) is 5.82 Å². The van der Waals surface area contributed by atoms with Crippen LogP contribution in [0.25, 0.3) is 0 Å². The Bertz CT molecular complexity index is 663. The van der Waals surface area contributed by atoms with E-state index in [0.29, 0.717) is 6.54 Å². The summed E-state index contributed by atoms with van der Waals surface area (Å²) in [7, 11) is 0. The maximum atomic E-state index is 5.82. The topological polar surface area (TPSA) is 47.0 Å². The first-order valence-corrected chi connectivity index (χ1v) is 7.47. The van der Waals surface area contributed by atoms with Crippen LogP contribution in [0.5, 0.6) is 5.75 Å². The van der Waals surface area contributed by atoms with Crippen LogP contribution in [0.2, 0.25) is 5.28 Å². The van der Waals surface area contributed by atoms with E-state index >= 15 is 0 Å². The fourth-order valence-corrected chi connectivity index (χ4v) is 2.94. The van der Waals surface area contributed by atoms with Crippen molar-refractivity contribution >= 4 is 33.3 Å². The zero-order valence-corrected chi connectivity index (χ0v) is 13.3. The van der Waals surface area contributed by atoms with Gasteiger partial charge in [-0.2, -0.15) is 0 Å². The quantitative estimate of drug-likeness (QED) is 0.853. The molecule has 0 amide bonds. The summed E-state index contributed by atoms with van der Waals surface area (Å²) >= 11 is 9.36. The van der Waals surface area contributed by atoms with Crippen LogP contribution in [-0.4, -0.2) is 16.6 Å². The summed E-state index contributed by atoms with van der Waals surface area (Å²) in [6, 6.07) is 4.17. The van der Waals surface area contributed by atoms with Gasteiger partial charge >= 0.3 is 0 Å². The minimum absolute atomic E-state index is 0.244. The Morgan fingerprint density at radius 1 is 1.45 bits per heavy atom. The van der Waals surface area contributed by atoms with Gasteiger partial charge in [0.1, 0.15) is 11.6 Å². The normalized spacial score (nSPS) is 12.9. The van der Waals surface area contributed by atoms with E-state index in [9.17, 15) is 0 Å². The molecule has 3 rings (SSSR count). The van der Waals surface area contributed by atoms with E-state index in [2.05, 4.69) is 43.3 Å². The molecular weight excluding hydrogens is 342 g/mol. The molecule has 104 valence electrons. The van der Waals surface area contributed by atoms with Gasteiger partial charge in [-0.15, -0.1) is 0 Å². The monoisotopic (exact) mass is 353 g/mol. The number of rotatable bonds is 3. The van der Waals surface area contributed by atoms with Crippen molar-refractivity contribution in [2.75, 3.05) is 11.9 Å². The molecule has 1 aliphatic rings. The lowest BCUT2D eigenvalue weighted by molar-refractivity contribution is 0.354. The van der Waals surface area contributed by atoms with E-state index in [0.717, 1.165) is 40.2 Å². The first kappa shape index (κ1) is 13.6. The average molecular weight is 355 g/mol. The Morgan fingerprint density at radius 2 is 2.30 bits per heavy atom. The van der Waals surface area contributed by atoms with Gasteiger partial charge in [-0.05, 0) is 36.2 Å². The molecular formula is C14H13BrClN3O. The number of aromatic nitrogens is 2. The number of benzene rings is 1. The number of hydrogen-bond acceptors (Lipinski definition) is 4. The summed E-state index contributed by atoms with van der Waals surface area (Å²) in [5, 5.41) is 3.53. The van der Waals surface area contributed by atoms with Crippen molar-refractivity contribution in [2.45, 2.75) is 19.9 Å². The van der Waals surface area contributed by atoms with Crippen molar-refractivity contribution in [2.24, 2.45) is 0 Å². The number of halogens is 2. The van der Waals surface area contributed by atoms with Crippen LogP contribution in [0.1, 0.15) is 16.7 Å². The van der Waals surface area contributed by atoms with Crippen LogP contribution in [0.3, 0.4) is 0 Å². The molecule has 1 aromatic heterocycles. The highest BCUT2D eigenvalue weighted by Gasteiger charge is 2.17. The van der Waals surface area contributed by atoms with Crippen molar-refractivity contribution in [3.63, 3.8) is 0 Å². The predicted molar refractivity (Wildman–Crippen MR) is 82.4 cm³/mol. The van der Waals surface area contributed by atoms with Crippen molar-refractivity contribution in [1.82, 2.24) is 9.97 Å². The summed E-state index contributed by atoms with van der Waals surface area (Å²) in [5.41, 5.74) is 3.32. The van der Waals surface area contributed by atoms with Crippen LogP contribution >= 0.6 is 27.5 Å². The molecule has 1 aliphatic heterocycles. The SMILES string of the molecule is Cc1cnc(Cl)nc1NCc1cc(Br)cc2c1OCC2. The van der Waals surface area contributed by atoms with Gasteiger partial charge in [0.15, 0.2) is 0 Å². The van der Waals surface area contributed by atoms with E-state index in [1.807, 2.05) is 6.92 Å². The number of nitrogens with one attached hydrogen (secondary N) is 1. The molecule has 0 fully saturated rings. The standard InChI is InChI=1S/C14H13BrClN3O/c1-8-6-18-14(16)19-13(8)17-7-10-5-11(15)4-9-2-3-20-12(9)10/h4-6H,2-3,7H2,1H3,(H,17,18,19). The molecule has 6 heteroatoms. The summed E-state index contributed by atoms with van der Waals surface area (Å²) < 4.78 is 6.77. The van der Waals surface area contributed by atoms with Gasteiger partial charge in [0, 0.05) is 34.8 Å². The molecule has 0 aliphatic carbocycles. The highest BCUT2D eigenvalue weighted by Crippen LogP contribution is 2.33. The molecule has 0 bridgehead atoms. The summed E-state index contributed by atoms with van der Waals surface area (Å²) in [4.78, 5) is 8.14. The molecule has 0 spiro atoms. The molecule has 0 radical (unpaired) electrons. The lowest BCUT2D eigenvalue weighted by Crippen LogP contribution is -2.05. The molecule has 1 N–H and O–H groups in total. The molecule has 0 atom stereocenters. The highest BCUT2D eigenvalue weighted by atomic mass is 79.9. The van der Waals surface area contributed by atoms with Gasteiger partial charge in [0.2, 0.25) is 5.28 Å². The van der Waals surface area contributed by atoms with Crippen molar-refractivity contribution in [3.8, 4) is 5.75 Å². The number of hydrogen-bond donors (Lipinski definition) is 1. The van der Waals surface area contributed by atoms with Crippen LogP contribution in [0.15, 0.2) is 22.8 Å². The number of aryl methyl sites for hydroxylation is 1. The third-order valence-electron chi connectivity index (χ3n) is 3.21. The maximum Gasteiger partial charge on any atom is 0.224 e. The number of ether oxygens (including phenoxy) is 1. The second kappa shape index (κ2) is 5.58. The number of fused-ring (bicyclic) bond motifs is 1. The highest BCUT2D eigenvalue weighted by molar-refractivity contribution is 9.10. The van der Waals surface area contributed by atoms with Crippen molar-refractivity contribution in [3.05, 3.63) is 44.8 Å². The van der Waals surface area contributed by atoms with E-state index in [1.165, 1.54) is 5.56 Å². The smallest absolute Gasteiger partial charge is 0.224 e. The molecule has 1 aromatic carbocycles. The Balaban J connectivity index is 1.84. The van der Waals surface area contributed by atoms with Crippen LogP contribution in [-0.2, 0) is 13.0 Å². The minimum Gasteiger partial charge on any atom is -0.493 e. The van der Waals surface area contributed by atoms with Gasteiger partial charge in [0.25, 0.3) is 0 Å². The molecule has 0 unspecified atom stereocenters. The lowest BCUT2D eigenvalue weighted by atomic mass is 10.1. The summed E-state index contributed by atoms with van der Waals surface area (Å²) in [6.07, 6.45) is 2.67. The fraction of sp³-hybridized carbons (Fsp3) is 0.286. The molecule has 4 nitrogen and oxygen atoms in total. The Hall–Kier alpha value is -1.33. The minimum atomic E-state index is 0.244. The second-order valence-corrected chi connectivity index (χ2v) is 5.93. The third kappa shape index (κ3) is 2.74. The molecule has 2 aromatic rings. The van der Waals surface area contributed by atoms with Crippen molar-refractivity contribution < 1.29 is 4.74 Å². The van der Waals surface area contributed by atoms with Gasteiger partial charge in [-0.25, -0.2) is 9.97 Å². The average Bonchev–Trinajstić information content (AvgIpc) is 2.87. The first-order chi connectivity index (χ1) is 9.63. The molecule has 0 saturated carbocycles. The lowest BCUT2D eigenvalue weighted by Gasteiger charge is -2.12. The second-order valence-electron chi connectivity index (χ2n) is 4.68. The van der Waals surface area contributed by atoms with E-state index in [4.69, 9.17) is 16.3 Å². The van der Waals surface area contributed by atoms with E-state index in [1.54, 1.807) is 6.20 Å². The zero-order chi connectivity index (χ0) is 14.1. The Morgan fingerprint density at radius 3 is 3.15 bits per heavy atom. The van der Waals surface area contributed by atoms with Gasteiger partial charge in [0.05, 0.1) is 6.61 Å². The molecule has 0 saturated heterocycles. The van der Waals surface area contributed by atoms with Crippen LogP contribution in [0, 0.1) is 6.92 Å².